The minimum absolute atomic E-state index is 0.129. The first-order chi connectivity index (χ1) is 13.0. The number of carbonyl (C=O) groups is 1. The number of halogens is 2. The topological polar surface area (TPSA) is 76.1 Å². The number of benzene rings is 2. The number of aryl methyl sites for hydroxylation is 1. The maximum Gasteiger partial charge on any atom is 0.276 e. The Morgan fingerprint density at radius 2 is 1.85 bits per heavy atom. The van der Waals surface area contributed by atoms with Gasteiger partial charge in [-0.1, -0.05) is 11.6 Å². The van der Waals surface area contributed by atoms with Crippen molar-refractivity contribution in [3.05, 3.63) is 70.6 Å². The van der Waals surface area contributed by atoms with Crippen LogP contribution in [0.1, 0.15) is 16.1 Å². The van der Waals surface area contributed by atoms with Gasteiger partial charge in [0, 0.05) is 16.8 Å². The van der Waals surface area contributed by atoms with E-state index < -0.39 is 5.91 Å². The molecule has 0 saturated heterocycles. The van der Waals surface area contributed by atoms with E-state index in [1.165, 1.54) is 30.3 Å². The second-order valence-electron chi connectivity index (χ2n) is 5.69. The molecule has 0 spiro atoms. The third kappa shape index (κ3) is 4.51. The predicted molar refractivity (Wildman–Crippen MR) is 102 cm³/mol. The molecule has 3 rings (SSSR count). The van der Waals surface area contributed by atoms with Gasteiger partial charge < -0.3 is 15.4 Å². The molecule has 2 N–H and O–H groups in total. The van der Waals surface area contributed by atoms with E-state index in [4.69, 9.17) is 16.3 Å². The van der Waals surface area contributed by atoms with Crippen LogP contribution >= 0.6 is 11.6 Å². The minimum atomic E-state index is -0.444. The van der Waals surface area contributed by atoms with E-state index in [1.54, 1.807) is 19.2 Å². The van der Waals surface area contributed by atoms with Crippen molar-refractivity contribution in [1.29, 1.82) is 0 Å². The van der Waals surface area contributed by atoms with Crippen LogP contribution in [0.25, 0.3) is 0 Å². The summed E-state index contributed by atoms with van der Waals surface area (Å²) in [4.78, 5) is 12.2. The first-order valence-electron chi connectivity index (χ1n) is 7.98. The summed E-state index contributed by atoms with van der Waals surface area (Å²) in [5.41, 5.74) is 2.15. The van der Waals surface area contributed by atoms with Crippen LogP contribution in [-0.2, 0) is 0 Å². The number of amides is 1. The summed E-state index contributed by atoms with van der Waals surface area (Å²) in [5.74, 6) is 0.176. The van der Waals surface area contributed by atoms with Crippen molar-refractivity contribution >= 4 is 34.7 Å². The molecule has 0 radical (unpaired) electrons. The molecule has 3 aromatic rings. The van der Waals surface area contributed by atoms with E-state index in [9.17, 15) is 9.18 Å². The third-order valence-corrected chi connectivity index (χ3v) is 4.15. The van der Waals surface area contributed by atoms with Crippen LogP contribution in [0.2, 0.25) is 5.02 Å². The average molecular weight is 387 g/mol. The Kier molecular flexibility index (Phi) is 5.52. The highest BCUT2D eigenvalue weighted by atomic mass is 35.5. The number of nitrogens with zero attached hydrogens (tertiary/aromatic N) is 2. The molecule has 2 aromatic carbocycles. The smallest absolute Gasteiger partial charge is 0.276 e. The molecule has 8 heteroatoms. The molecule has 0 aliphatic rings. The van der Waals surface area contributed by atoms with Crippen molar-refractivity contribution in [3.63, 3.8) is 0 Å². The van der Waals surface area contributed by atoms with Crippen LogP contribution in [0.5, 0.6) is 5.75 Å². The van der Waals surface area contributed by atoms with E-state index in [0.717, 1.165) is 5.56 Å². The van der Waals surface area contributed by atoms with Gasteiger partial charge in [0.15, 0.2) is 11.5 Å². The molecule has 0 saturated carbocycles. The zero-order chi connectivity index (χ0) is 19.4. The number of rotatable bonds is 5. The van der Waals surface area contributed by atoms with E-state index in [-0.39, 0.29) is 11.5 Å². The maximum atomic E-state index is 12.9. The fourth-order valence-corrected chi connectivity index (χ4v) is 2.47. The molecule has 27 heavy (non-hydrogen) atoms. The fourth-order valence-electron chi connectivity index (χ4n) is 2.32. The highest BCUT2D eigenvalue weighted by molar-refractivity contribution is 6.31. The summed E-state index contributed by atoms with van der Waals surface area (Å²) in [6.07, 6.45) is 0. The van der Waals surface area contributed by atoms with E-state index in [0.29, 0.717) is 28.0 Å². The summed E-state index contributed by atoms with van der Waals surface area (Å²) < 4.78 is 18.2. The van der Waals surface area contributed by atoms with Gasteiger partial charge in [-0.3, -0.25) is 4.79 Å². The van der Waals surface area contributed by atoms with Gasteiger partial charge in [0.25, 0.3) is 5.91 Å². The summed E-state index contributed by atoms with van der Waals surface area (Å²) in [6.45, 7) is 1.88. The Morgan fingerprint density at radius 1 is 1.11 bits per heavy atom. The quantitative estimate of drug-likeness (QED) is 0.671. The monoisotopic (exact) mass is 386 g/mol. The Labute approximate surface area is 160 Å². The molecule has 1 amide bonds. The van der Waals surface area contributed by atoms with E-state index in [2.05, 4.69) is 20.8 Å². The lowest BCUT2D eigenvalue weighted by Crippen LogP contribution is -2.14. The molecule has 0 fully saturated rings. The lowest BCUT2D eigenvalue weighted by atomic mass is 10.2. The molecule has 1 heterocycles. The molecular formula is C19H16ClFN4O2. The second kappa shape index (κ2) is 8.01. The second-order valence-corrected chi connectivity index (χ2v) is 6.10. The lowest BCUT2D eigenvalue weighted by molar-refractivity contribution is 0.102. The highest BCUT2D eigenvalue weighted by Gasteiger charge is 2.11. The molecule has 1 aromatic heterocycles. The minimum Gasteiger partial charge on any atom is -0.495 e. The molecular weight excluding hydrogens is 371 g/mol. The summed E-state index contributed by atoms with van der Waals surface area (Å²) in [5, 5.41) is 14.2. The zero-order valence-corrected chi connectivity index (χ0v) is 15.3. The number of hydrogen-bond donors (Lipinski definition) is 2. The molecule has 0 bridgehead atoms. The first kappa shape index (κ1) is 18.6. The third-order valence-electron chi connectivity index (χ3n) is 3.74. The van der Waals surface area contributed by atoms with Gasteiger partial charge in [-0.15, -0.1) is 10.2 Å². The van der Waals surface area contributed by atoms with Crippen LogP contribution < -0.4 is 15.4 Å². The molecule has 0 aliphatic heterocycles. The van der Waals surface area contributed by atoms with Gasteiger partial charge in [-0.05, 0) is 55.0 Å². The number of ether oxygens (including phenoxy) is 1. The Hall–Kier alpha value is -3.19. The molecule has 0 unspecified atom stereocenters. The van der Waals surface area contributed by atoms with Gasteiger partial charge in [0.2, 0.25) is 0 Å². The van der Waals surface area contributed by atoms with Gasteiger partial charge in [0.1, 0.15) is 11.6 Å². The number of nitrogens with one attached hydrogen (secondary N) is 2. The van der Waals surface area contributed by atoms with Gasteiger partial charge in [0.05, 0.1) is 12.8 Å². The Bertz CT molecular complexity index is 963. The van der Waals surface area contributed by atoms with Gasteiger partial charge >= 0.3 is 0 Å². The molecule has 0 atom stereocenters. The number of carbonyl (C=O) groups excluding carboxylic acids is 1. The van der Waals surface area contributed by atoms with Crippen molar-refractivity contribution in [1.82, 2.24) is 10.2 Å². The molecule has 138 valence electrons. The Morgan fingerprint density at radius 3 is 2.48 bits per heavy atom. The van der Waals surface area contributed by atoms with Crippen molar-refractivity contribution in [2.75, 3.05) is 17.7 Å². The SMILES string of the molecule is COc1cc(Cl)c(C)cc1Nc1ccc(C(=O)Nc2ccc(F)cc2)nn1. The van der Waals surface area contributed by atoms with Crippen LogP contribution in [-0.4, -0.2) is 23.2 Å². The van der Waals surface area contributed by atoms with Gasteiger partial charge in [-0.2, -0.15) is 0 Å². The average Bonchev–Trinajstić information content (AvgIpc) is 2.67. The Balaban J connectivity index is 1.73. The maximum absolute atomic E-state index is 12.9. The number of anilines is 3. The van der Waals surface area contributed by atoms with Crippen LogP contribution in [0.15, 0.2) is 48.5 Å². The summed E-state index contributed by atoms with van der Waals surface area (Å²) in [7, 11) is 1.54. The van der Waals surface area contributed by atoms with E-state index >= 15 is 0 Å². The fraction of sp³-hybridized carbons (Fsp3) is 0.105. The number of methoxy groups -OCH3 is 1. The number of hydrogen-bond acceptors (Lipinski definition) is 5. The number of aromatic nitrogens is 2. The van der Waals surface area contributed by atoms with Crippen molar-refractivity contribution in [3.8, 4) is 5.75 Å². The van der Waals surface area contributed by atoms with Crippen LogP contribution in [0.4, 0.5) is 21.6 Å². The highest BCUT2D eigenvalue weighted by Crippen LogP contribution is 2.32. The van der Waals surface area contributed by atoms with Crippen LogP contribution in [0.3, 0.4) is 0 Å². The van der Waals surface area contributed by atoms with Gasteiger partial charge in [-0.25, -0.2) is 4.39 Å². The normalized spacial score (nSPS) is 10.4. The molecule has 6 nitrogen and oxygen atoms in total. The largest absolute Gasteiger partial charge is 0.495 e. The van der Waals surface area contributed by atoms with Crippen molar-refractivity contribution < 1.29 is 13.9 Å². The summed E-state index contributed by atoms with van der Waals surface area (Å²) in [6, 6.07) is 12.1. The van der Waals surface area contributed by atoms with Crippen LogP contribution in [0, 0.1) is 12.7 Å². The standard InChI is InChI=1S/C19H16ClFN4O2/c1-11-9-16(17(27-2)10-14(11)20)23-18-8-7-15(24-25-18)19(26)22-13-5-3-12(21)4-6-13/h3-10H,1-2H3,(H,22,26)(H,23,25). The predicted octanol–water partition coefficient (Wildman–Crippen LogP) is 4.58. The van der Waals surface area contributed by atoms with Crippen molar-refractivity contribution in [2.45, 2.75) is 6.92 Å². The van der Waals surface area contributed by atoms with Crippen molar-refractivity contribution in [2.24, 2.45) is 0 Å². The first-order valence-corrected chi connectivity index (χ1v) is 8.36. The zero-order valence-electron chi connectivity index (χ0n) is 14.6. The summed E-state index contributed by atoms with van der Waals surface area (Å²) >= 11 is 6.10. The molecule has 0 aliphatic carbocycles. The lowest BCUT2D eigenvalue weighted by Gasteiger charge is -2.12. The van der Waals surface area contributed by atoms with E-state index in [1.807, 2.05) is 13.0 Å².